The van der Waals surface area contributed by atoms with Gasteiger partial charge in [-0.2, -0.15) is 0 Å². The summed E-state index contributed by atoms with van der Waals surface area (Å²) < 4.78 is 9.25. The van der Waals surface area contributed by atoms with Crippen molar-refractivity contribution >= 4 is 12.1 Å². The third kappa shape index (κ3) is 1.79. The summed E-state index contributed by atoms with van der Waals surface area (Å²) in [4.78, 5) is 21.9. The minimum Gasteiger partial charge on any atom is -0.480 e. The molecule has 1 unspecified atom stereocenters. The Labute approximate surface area is 81.2 Å². The Hall–Kier alpha value is -1.30. The van der Waals surface area contributed by atoms with Crippen LogP contribution in [0.5, 0.6) is 0 Å². The lowest BCUT2D eigenvalue weighted by molar-refractivity contribution is -0.156. The number of rotatable bonds is 3. The molecule has 1 aliphatic heterocycles. The molecule has 0 aromatic carbocycles. The zero-order valence-corrected chi connectivity index (χ0v) is 8.07. The highest BCUT2D eigenvalue weighted by molar-refractivity contribution is 5.84. The van der Waals surface area contributed by atoms with Crippen molar-refractivity contribution in [2.24, 2.45) is 5.92 Å². The number of amides is 1. The zero-order valence-electron chi connectivity index (χ0n) is 8.07. The van der Waals surface area contributed by atoms with E-state index < -0.39 is 17.6 Å². The van der Waals surface area contributed by atoms with Crippen molar-refractivity contribution in [3.05, 3.63) is 0 Å². The zero-order chi connectivity index (χ0) is 10.8. The predicted octanol–water partition coefficient (Wildman–Crippen LogP) is -0.168. The first-order valence-electron chi connectivity index (χ1n) is 4.18. The summed E-state index contributed by atoms with van der Waals surface area (Å²) in [5.74, 6) is -1.30. The second-order valence-corrected chi connectivity index (χ2v) is 3.36. The maximum atomic E-state index is 11.0. The molecule has 1 aliphatic rings. The number of alkyl carbamates (subject to hydrolysis) is 1. The topological polar surface area (TPSA) is 84.9 Å². The highest BCUT2D eigenvalue weighted by atomic mass is 16.5. The molecular weight excluding hydrogens is 190 g/mol. The van der Waals surface area contributed by atoms with E-state index in [9.17, 15) is 9.59 Å². The largest absolute Gasteiger partial charge is 0.480 e. The lowest BCUT2D eigenvalue weighted by Crippen LogP contribution is -2.62. The van der Waals surface area contributed by atoms with Crippen molar-refractivity contribution in [1.82, 2.24) is 5.32 Å². The van der Waals surface area contributed by atoms with E-state index in [0.29, 0.717) is 13.2 Å². The van der Waals surface area contributed by atoms with Gasteiger partial charge in [-0.3, -0.25) is 0 Å². The molecule has 0 bridgehead atoms. The molecule has 14 heavy (non-hydrogen) atoms. The molecule has 6 nitrogen and oxygen atoms in total. The first kappa shape index (κ1) is 10.8. The number of methoxy groups -OCH3 is 1. The summed E-state index contributed by atoms with van der Waals surface area (Å²) in [6, 6.07) is 0. The molecule has 1 heterocycles. The van der Waals surface area contributed by atoms with Crippen LogP contribution in [0.3, 0.4) is 0 Å². The van der Waals surface area contributed by atoms with Crippen molar-refractivity contribution in [2.75, 3.05) is 20.3 Å². The van der Waals surface area contributed by atoms with Crippen LogP contribution in [0.2, 0.25) is 0 Å². The molecule has 80 valence electrons. The molecule has 0 radical (unpaired) electrons. The van der Waals surface area contributed by atoms with Gasteiger partial charge in [-0.25, -0.2) is 9.59 Å². The van der Waals surface area contributed by atoms with Crippen molar-refractivity contribution in [1.29, 1.82) is 0 Å². The first-order valence-corrected chi connectivity index (χ1v) is 4.18. The molecular formula is C8H13NO5. The molecule has 1 saturated heterocycles. The van der Waals surface area contributed by atoms with Crippen LogP contribution < -0.4 is 5.32 Å². The van der Waals surface area contributed by atoms with E-state index in [0.717, 1.165) is 0 Å². The molecule has 0 aliphatic carbocycles. The molecule has 1 atom stereocenters. The molecule has 0 spiro atoms. The Morgan fingerprint density at radius 3 is 2.43 bits per heavy atom. The Balaban J connectivity index is 2.70. The fraction of sp³-hybridized carbons (Fsp3) is 0.750. The number of hydrogen-bond donors (Lipinski definition) is 2. The van der Waals surface area contributed by atoms with Gasteiger partial charge in [0.05, 0.1) is 20.3 Å². The van der Waals surface area contributed by atoms with Gasteiger partial charge in [0.2, 0.25) is 0 Å². The first-order chi connectivity index (χ1) is 6.50. The van der Waals surface area contributed by atoms with Crippen LogP contribution in [-0.2, 0) is 14.3 Å². The van der Waals surface area contributed by atoms with Crippen molar-refractivity contribution < 1.29 is 24.2 Å². The van der Waals surface area contributed by atoms with Crippen LogP contribution in [0.4, 0.5) is 4.79 Å². The summed E-state index contributed by atoms with van der Waals surface area (Å²) in [5.41, 5.74) is -1.31. The van der Waals surface area contributed by atoms with E-state index in [4.69, 9.17) is 9.84 Å². The number of carbonyl (C=O) groups excluding carboxylic acids is 1. The van der Waals surface area contributed by atoms with E-state index in [-0.39, 0.29) is 5.92 Å². The van der Waals surface area contributed by atoms with Gasteiger partial charge in [-0.15, -0.1) is 0 Å². The number of carboxylic acid groups (broad SMARTS) is 1. The normalized spacial score (nSPS) is 20.4. The summed E-state index contributed by atoms with van der Waals surface area (Å²) in [5, 5.41) is 11.3. The van der Waals surface area contributed by atoms with Gasteiger partial charge in [0, 0.05) is 5.92 Å². The van der Waals surface area contributed by atoms with Crippen molar-refractivity contribution in [2.45, 2.75) is 12.5 Å². The van der Waals surface area contributed by atoms with Crippen LogP contribution in [0.1, 0.15) is 6.92 Å². The Kier molecular flexibility index (Phi) is 2.95. The van der Waals surface area contributed by atoms with Crippen LogP contribution in [-0.4, -0.2) is 43.0 Å². The summed E-state index contributed by atoms with van der Waals surface area (Å²) in [6.07, 6.45) is -0.748. The number of hydrogen-bond acceptors (Lipinski definition) is 4. The van der Waals surface area contributed by atoms with Gasteiger partial charge < -0.3 is 19.9 Å². The number of carboxylic acids is 1. The maximum Gasteiger partial charge on any atom is 0.407 e. The second-order valence-electron chi connectivity index (χ2n) is 3.36. The minimum absolute atomic E-state index is 0.209. The number of ether oxygens (including phenoxy) is 2. The lowest BCUT2D eigenvalue weighted by atomic mass is 9.84. The fourth-order valence-corrected chi connectivity index (χ4v) is 1.16. The van der Waals surface area contributed by atoms with Gasteiger partial charge in [0.25, 0.3) is 0 Å². The smallest absolute Gasteiger partial charge is 0.407 e. The number of nitrogens with one attached hydrogen (secondary N) is 1. The van der Waals surface area contributed by atoms with E-state index in [1.54, 1.807) is 0 Å². The predicted molar refractivity (Wildman–Crippen MR) is 45.9 cm³/mol. The highest BCUT2D eigenvalue weighted by Crippen LogP contribution is 2.25. The summed E-state index contributed by atoms with van der Waals surface area (Å²) >= 11 is 0. The third-order valence-electron chi connectivity index (χ3n) is 2.45. The third-order valence-corrected chi connectivity index (χ3v) is 2.45. The average Bonchev–Trinajstić information content (AvgIpc) is 2.00. The number of carbonyl (C=O) groups is 2. The Morgan fingerprint density at radius 1 is 1.57 bits per heavy atom. The summed E-state index contributed by atoms with van der Waals surface area (Å²) in [7, 11) is 1.19. The molecule has 1 fully saturated rings. The maximum absolute atomic E-state index is 11.0. The Morgan fingerprint density at radius 2 is 2.14 bits per heavy atom. The van der Waals surface area contributed by atoms with E-state index in [1.807, 2.05) is 0 Å². The summed E-state index contributed by atoms with van der Waals surface area (Å²) in [6.45, 7) is 2.12. The van der Waals surface area contributed by atoms with Crippen molar-refractivity contribution in [3.63, 3.8) is 0 Å². The van der Waals surface area contributed by atoms with Crippen molar-refractivity contribution in [3.8, 4) is 0 Å². The highest BCUT2D eigenvalue weighted by Gasteiger charge is 2.46. The molecule has 0 aromatic heterocycles. The van der Waals surface area contributed by atoms with E-state index >= 15 is 0 Å². The van der Waals surface area contributed by atoms with Gasteiger partial charge in [-0.05, 0) is 6.92 Å². The molecule has 0 saturated carbocycles. The fourth-order valence-electron chi connectivity index (χ4n) is 1.16. The molecule has 6 heteroatoms. The van der Waals surface area contributed by atoms with Gasteiger partial charge in [0.15, 0.2) is 0 Å². The average molecular weight is 203 g/mol. The number of aliphatic carboxylic acids is 1. The van der Waals surface area contributed by atoms with Crippen LogP contribution in [0.15, 0.2) is 0 Å². The van der Waals surface area contributed by atoms with Crippen LogP contribution >= 0.6 is 0 Å². The van der Waals surface area contributed by atoms with Gasteiger partial charge >= 0.3 is 12.1 Å². The molecule has 1 rings (SSSR count). The SMILES string of the molecule is COC(=O)NC(C)(C(=O)O)C1COC1. The van der Waals surface area contributed by atoms with Crippen LogP contribution in [0.25, 0.3) is 0 Å². The Bertz CT molecular complexity index is 250. The van der Waals surface area contributed by atoms with Gasteiger partial charge in [0.1, 0.15) is 5.54 Å². The molecule has 2 N–H and O–H groups in total. The van der Waals surface area contributed by atoms with E-state index in [1.165, 1.54) is 14.0 Å². The van der Waals surface area contributed by atoms with Gasteiger partial charge in [-0.1, -0.05) is 0 Å². The monoisotopic (exact) mass is 203 g/mol. The molecule has 0 aromatic rings. The molecule has 1 amide bonds. The quantitative estimate of drug-likeness (QED) is 0.665. The minimum atomic E-state index is -1.31. The standard InChI is InChI=1S/C8H13NO5/c1-8(6(10)11,5-3-14-4-5)9-7(12)13-2/h5H,3-4H2,1-2H3,(H,9,12)(H,10,11). The second kappa shape index (κ2) is 3.83. The van der Waals surface area contributed by atoms with Crippen LogP contribution in [0, 0.1) is 5.92 Å². The van der Waals surface area contributed by atoms with E-state index in [2.05, 4.69) is 10.1 Å². The lowest BCUT2D eigenvalue weighted by Gasteiger charge is -2.39.